The molecule has 0 spiro atoms. The van der Waals surface area contributed by atoms with E-state index in [0.29, 0.717) is 15.7 Å². The number of carbonyl (C=O) groups is 1. The summed E-state index contributed by atoms with van der Waals surface area (Å²) < 4.78 is 0. The van der Waals surface area contributed by atoms with Crippen molar-refractivity contribution in [3.8, 4) is 0 Å². The second kappa shape index (κ2) is 4.52. The predicted octanol–water partition coefficient (Wildman–Crippen LogP) is 3.27. The van der Waals surface area contributed by atoms with Gasteiger partial charge in [0.15, 0.2) is 0 Å². The Kier molecular flexibility index (Phi) is 3.26. The molecular weight excluding hydrogens is 249 g/mol. The third kappa shape index (κ3) is 2.60. The fourth-order valence-corrected chi connectivity index (χ4v) is 1.87. The van der Waals surface area contributed by atoms with Gasteiger partial charge in [-0.2, -0.15) is 0 Å². The highest BCUT2D eigenvalue weighted by atomic mass is 35.5. The van der Waals surface area contributed by atoms with Gasteiger partial charge in [-0.3, -0.25) is 0 Å². The number of anilines is 1. The number of aliphatic carboxylic acids is 1. The molecule has 0 heterocycles. The second-order valence-electron chi connectivity index (χ2n) is 3.93. The third-order valence-corrected chi connectivity index (χ3v) is 3.34. The summed E-state index contributed by atoms with van der Waals surface area (Å²) in [6.07, 6.45) is 1.93. The van der Waals surface area contributed by atoms with Crippen LogP contribution >= 0.6 is 23.2 Å². The molecule has 2 N–H and O–H groups in total. The van der Waals surface area contributed by atoms with E-state index in [4.69, 9.17) is 28.3 Å². The first-order chi connectivity index (χ1) is 7.58. The summed E-state index contributed by atoms with van der Waals surface area (Å²) in [5, 5.41) is 12.9. The Morgan fingerprint density at radius 3 is 2.56 bits per heavy atom. The molecule has 2 rings (SSSR count). The number of benzene rings is 1. The van der Waals surface area contributed by atoms with Gasteiger partial charge in [0.05, 0.1) is 10.0 Å². The molecule has 0 saturated heterocycles. The number of carboxylic acids is 1. The first kappa shape index (κ1) is 11.6. The Morgan fingerprint density at radius 1 is 1.38 bits per heavy atom. The van der Waals surface area contributed by atoms with E-state index in [1.807, 2.05) is 0 Å². The van der Waals surface area contributed by atoms with Crippen molar-refractivity contribution < 1.29 is 9.90 Å². The van der Waals surface area contributed by atoms with E-state index >= 15 is 0 Å². The maximum Gasteiger partial charge on any atom is 0.326 e. The Hall–Kier alpha value is -0.930. The molecule has 86 valence electrons. The molecule has 1 saturated carbocycles. The lowest BCUT2D eigenvalue weighted by molar-refractivity contribution is -0.138. The lowest BCUT2D eigenvalue weighted by Crippen LogP contribution is -2.31. The molecule has 1 unspecified atom stereocenters. The van der Waals surface area contributed by atoms with Crippen molar-refractivity contribution in [2.24, 2.45) is 5.92 Å². The maximum atomic E-state index is 11.0. The van der Waals surface area contributed by atoms with Crippen molar-refractivity contribution in [2.45, 2.75) is 18.9 Å². The van der Waals surface area contributed by atoms with E-state index in [1.54, 1.807) is 18.2 Å². The van der Waals surface area contributed by atoms with Gasteiger partial charge in [-0.25, -0.2) is 4.79 Å². The van der Waals surface area contributed by atoms with E-state index in [0.717, 1.165) is 12.8 Å². The number of carboxylic acid groups (broad SMARTS) is 1. The van der Waals surface area contributed by atoms with E-state index in [1.165, 1.54) is 0 Å². The molecule has 0 aromatic heterocycles. The summed E-state index contributed by atoms with van der Waals surface area (Å²) in [4.78, 5) is 11.0. The quantitative estimate of drug-likeness (QED) is 0.873. The van der Waals surface area contributed by atoms with Crippen molar-refractivity contribution in [2.75, 3.05) is 5.32 Å². The van der Waals surface area contributed by atoms with Gasteiger partial charge in [0.2, 0.25) is 0 Å². The normalized spacial score (nSPS) is 16.9. The summed E-state index contributed by atoms with van der Waals surface area (Å²) in [6.45, 7) is 0. The van der Waals surface area contributed by atoms with Crippen LogP contribution in [-0.4, -0.2) is 17.1 Å². The molecule has 0 bridgehead atoms. The van der Waals surface area contributed by atoms with Crippen LogP contribution in [0.4, 0.5) is 5.69 Å². The van der Waals surface area contributed by atoms with Crippen molar-refractivity contribution in [3.05, 3.63) is 28.2 Å². The smallest absolute Gasteiger partial charge is 0.326 e. The molecule has 1 aliphatic rings. The summed E-state index contributed by atoms with van der Waals surface area (Å²) in [7, 11) is 0. The standard InChI is InChI=1S/C11H11Cl2NO2/c12-8-4-3-7(5-9(8)13)14-10(11(15)16)6-1-2-6/h3-6,10,14H,1-2H2,(H,15,16). The second-order valence-corrected chi connectivity index (χ2v) is 4.74. The van der Waals surface area contributed by atoms with Crippen molar-refractivity contribution in [1.29, 1.82) is 0 Å². The lowest BCUT2D eigenvalue weighted by atomic mass is 10.1. The molecule has 16 heavy (non-hydrogen) atoms. The first-order valence-electron chi connectivity index (χ1n) is 5.02. The lowest BCUT2D eigenvalue weighted by Gasteiger charge is -2.15. The molecule has 1 aliphatic carbocycles. The Labute approximate surface area is 103 Å². The third-order valence-electron chi connectivity index (χ3n) is 2.60. The van der Waals surface area contributed by atoms with Crippen LogP contribution in [0.15, 0.2) is 18.2 Å². The zero-order valence-corrected chi connectivity index (χ0v) is 9.92. The molecule has 1 fully saturated rings. The van der Waals surface area contributed by atoms with Crippen LogP contribution in [0, 0.1) is 5.92 Å². The summed E-state index contributed by atoms with van der Waals surface area (Å²) in [5.41, 5.74) is 0.689. The zero-order chi connectivity index (χ0) is 11.7. The highest BCUT2D eigenvalue weighted by Gasteiger charge is 2.36. The molecular formula is C11H11Cl2NO2. The van der Waals surface area contributed by atoms with Gasteiger partial charge < -0.3 is 10.4 Å². The Balaban J connectivity index is 2.12. The van der Waals surface area contributed by atoms with Gasteiger partial charge in [-0.1, -0.05) is 23.2 Å². The monoisotopic (exact) mass is 259 g/mol. The topological polar surface area (TPSA) is 49.3 Å². The van der Waals surface area contributed by atoms with Crippen LogP contribution in [-0.2, 0) is 4.79 Å². The van der Waals surface area contributed by atoms with Crippen LogP contribution in [0.5, 0.6) is 0 Å². The summed E-state index contributed by atoms with van der Waals surface area (Å²) >= 11 is 11.6. The van der Waals surface area contributed by atoms with E-state index in [-0.39, 0.29) is 5.92 Å². The van der Waals surface area contributed by atoms with Crippen molar-refractivity contribution in [3.63, 3.8) is 0 Å². The minimum absolute atomic E-state index is 0.229. The fraction of sp³-hybridized carbons (Fsp3) is 0.364. The molecule has 5 heteroatoms. The zero-order valence-electron chi connectivity index (χ0n) is 8.41. The molecule has 1 aromatic carbocycles. The number of hydrogen-bond acceptors (Lipinski definition) is 2. The van der Waals surface area contributed by atoms with Gasteiger partial charge in [0.25, 0.3) is 0 Å². The van der Waals surface area contributed by atoms with Crippen molar-refractivity contribution in [1.82, 2.24) is 0 Å². The number of nitrogens with one attached hydrogen (secondary N) is 1. The highest BCUT2D eigenvalue weighted by molar-refractivity contribution is 6.42. The molecule has 0 radical (unpaired) electrons. The minimum Gasteiger partial charge on any atom is -0.480 e. The van der Waals surface area contributed by atoms with Crippen LogP contribution in [0.25, 0.3) is 0 Å². The summed E-state index contributed by atoms with van der Waals surface area (Å²) in [5.74, 6) is -0.597. The molecule has 1 atom stereocenters. The van der Waals surface area contributed by atoms with Gasteiger partial charge in [0, 0.05) is 5.69 Å². The van der Waals surface area contributed by atoms with Gasteiger partial charge >= 0.3 is 5.97 Å². The maximum absolute atomic E-state index is 11.0. The fourth-order valence-electron chi connectivity index (χ4n) is 1.58. The van der Waals surface area contributed by atoms with E-state index in [2.05, 4.69) is 5.32 Å². The first-order valence-corrected chi connectivity index (χ1v) is 5.78. The average molecular weight is 260 g/mol. The van der Waals surface area contributed by atoms with Gasteiger partial charge in [0.1, 0.15) is 6.04 Å². The summed E-state index contributed by atoms with van der Waals surface area (Å²) in [6, 6.07) is 4.49. The largest absolute Gasteiger partial charge is 0.480 e. The van der Waals surface area contributed by atoms with E-state index < -0.39 is 12.0 Å². The van der Waals surface area contributed by atoms with Crippen LogP contribution in [0.1, 0.15) is 12.8 Å². The number of rotatable bonds is 4. The van der Waals surface area contributed by atoms with Gasteiger partial charge in [-0.15, -0.1) is 0 Å². The van der Waals surface area contributed by atoms with Crippen LogP contribution in [0.2, 0.25) is 10.0 Å². The predicted molar refractivity (Wildman–Crippen MR) is 64.2 cm³/mol. The Morgan fingerprint density at radius 2 is 2.06 bits per heavy atom. The molecule has 1 aromatic rings. The van der Waals surface area contributed by atoms with Gasteiger partial charge in [-0.05, 0) is 37.0 Å². The minimum atomic E-state index is -0.825. The average Bonchev–Trinajstić information content (AvgIpc) is 3.03. The molecule has 0 amide bonds. The number of hydrogen-bond donors (Lipinski definition) is 2. The van der Waals surface area contributed by atoms with Crippen molar-refractivity contribution >= 4 is 34.9 Å². The van der Waals surface area contributed by atoms with Crippen LogP contribution in [0.3, 0.4) is 0 Å². The molecule has 3 nitrogen and oxygen atoms in total. The van der Waals surface area contributed by atoms with E-state index in [9.17, 15) is 4.79 Å². The Bertz CT molecular complexity index is 418. The SMILES string of the molecule is O=C(O)C(Nc1ccc(Cl)c(Cl)c1)C1CC1. The van der Waals surface area contributed by atoms with Crippen LogP contribution < -0.4 is 5.32 Å². The highest BCUT2D eigenvalue weighted by Crippen LogP contribution is 2.35. The number of halogens is 2. The molecule has 0 aliphatic heterocycles.